The van der Waals surface area contributed by atoms with Crippen LogP contribution in [0.5, 0.6) is 0 Å². The Kier molecular flexibility index (Phi) is 4.92. The first-order valence-corrected chi connectivity index (χ1v) is 10.4. The second-order valence-electron chi connectivity index (χ2n) is 7.46. The lowest BCUT2D eigenvalue weighted by molar-refractivity contribution is 0.485. The highest BCUT2D eigenvalue weighted by Crippen LogP contribution is 2.34. The summed E-state index contributed by atoms with van der Waals surface area (Å²) >= 11 is 0. The van der Waals surface area contributed by atoms with E-state index in [4.69, 9.17) is 10.2 Å². The average Bonchev–Trinajstić information content (AvgIpc) is 3.22. The molecule has 0 saturated carbocycles. The molecule has 0 spiro atoms. The van der Waals surface area contributed by atoms with Crippen molar-refractivity contribution in [3.05, 3.63) is 113 Å². The van der Waals surface area contributed by atoms with Crippen LogP contribution in [0.4, 0.5) is 0 Å². The van der Waals surface area contributed by atoms with Crippen molar-refractivity contribution in [3.8, 4) is 22.5 Å². The van der Waals surface area contributed by atoms with Crippen molar-refractivity contribution in [1.82, 2.24) is 19.4 Å². The van der Waals surface area contributed by atoms with Crippen LogP contribution in [-0.2, 0) is 0 Å². The Morgan fingerprint density at radius 1 is 0.806 bits per heavy atom. The first-order chi connectivity index (χ1) is 15.3. The molecular formula is C26H22N4O. The minimum Gasteiger partial charge on any atom is -0.268 e. The number of nitrogens with zero attached hydrogens (tertiary/aromatic N) is 4. The van der Waals surface area contributed by atoms with Gasteiger partial charge in [0.05, 0.1) is 22.8 Å². The van der Waals surface area contributed by atoms with Gasteiger partial charge in [-0.3, -0.25) is 4.79 Å². The summed E-state index contributed by atoms with van der Waals surface area (Å²) in [5, 5.41) is 9.67. The van der Waals surface area contributed by atoms with Gasteiger partial charge in [0.2, 0.25) is 0 Å². The van der Waals surface area contributed by atoms with E-state index in [0.29, 0.717) is 0 Å². The number of fused-ring (bicyclic) bond motifs is 1. The molecule has 3 heterocycles. The van der Waals surface area contributed by atoms with E-state index in [9.17, 15) is 4.79 Å². The molecule has 0 aliphatic rings. The fourth-order valence-corrected chi connectivity index (χ4v) is 4.06. The molecule has 3 aromatic heterocycles. The van der Waals surface area contributed by atoms with Crippen molar-refractivity contribution in [2.45, 2.75) is 19.4 Å². The van der Waals surface area contributed by atoms with Crippen LogP contribution in [0.15, 0.2) is 102 Å². The van der Waals surface area contributed by atoms with Gasteiger partial charge in [-0.25, -0.2) is 9.20 Å². The maximum atomic E-state index is 12.8. The van der Waals surface area contributed by atoms with E-state index in [1.807, 2.05) is 89.6 Å². The molecule has 5 rings (SSSR count). The molecule has 31 heavy (non-hydrogen) atoms. The Balaban J connectivity index is 1.73. The first-order valence-electron chi connectivity index (χ1n) is 10.4. The van der Waals surface area contributed by atoms with E-state index in [1.54, 1.807) is 16.8 Å². The van der Waals surface area contributed by atoms with Gasteiger partial charge in [0.25, 0.3) is 5.56 Å². The number of rotatable bonds is 5. The Labute approximate surface area is 180 Å². The zero-order valence-corrected chi connectivity index (χ0v) is 17.2. The molecule has 0 amide bonds. The summed E-state index contributed by atoms with van der Waals surface area (Å²) in [5.41, 5.74) is 5.41. The molecule has 1 unspecified atom stereocenters. The Bertz CT molecular complexity index is 1390. The number of aromatic nitrogens is 4. The van der Waals surface area contributed by atoms with Gasteiger partial charge in [0.1, 0.15) is 5.69 Å². The van der Waals surface area contributed by atoms with Gasteiger partial charge in [-0.15, -0.1) is 0 Å². The molecule has 0 N–H and O–H groups in total. The summed E-state index contributed by atoms with van der Waals surface area (Å²) in [6, 6.07) is 29.4. The summed E-state index contributed by atoms with van der Waals surface area (Å²) in [6.45, 7) is 2.07. The van der Waals surface area contributed by atoms with E-state index in [0.717, 1.165) is 40.0 Å². The maximum absolute atomic E-state index is 12.8. The van der Waals surface area contributed by atoms with Crippen LogP contribution in [0.1, 0.15) is 24.9 Å². The lowest BCUT2D eigenvalue weighted by Crippen LogP contribution is -2.27. The Morgan fingerprint density at radius 3 is 2.26 bits per heavy atom. The van der Waals surface area contributed by atoms with E-state index in [-0.39, 0.29) is 11.6 Å². The number of benzene rings is 2. The van der Waals surface area contributed by atoms with Crippen LogP contribution in [0.2, 0.25) is 0 Å². The fourth-order valence-electron chi connectivity index (χ4n) is 4.06. The van der Waals surface area contributed by atoms with Crippen molar-refractivity contribution in [1.29, 1.82) is 0 Å². The summed E-state index contributed by atoms with van der Waals surface area (Å²) in [7, 11) is 0. The Hall–Kier alpha value is -3.99. The molecule has 5 heteroatoms. The highest BCUT2D eigenvalue weighted by Gasteiger charge is 2.20. The van der Waals surface area contributed by atoms with Crippen molar-refractivity contribution in [3.63, 3.8) is 0 Å². The van der Waals surface area contributed by atoms with Gasteiger partial charge < -0.3 is 0 Å². The minimum atomic E-state index is -0.129. The monoisotopic (exact) mass is 406 g/mol. The average molecular weight is 406 g/mol. The zero-order chi connectivity index (χ0) is 21.2. The number of pyridine rings is 1. The van der Waals surface area contributed by atoms with Gasteiger partial charge >= 0.3 is 0 Å². The van der Waals surface area contributed by atoms with Crippen LogP contribution < -0.4 is 5.56 Å². The molecule has 5 aromatic rings. The predicted molar refractivity (Wildman–Crippen MR) is 123 cm³/mol. The SMILES string of the molecule is CCC(c1ccccc1)n1nc(-c2c(-c3ccccc3)nn3ccccc23)ccc1=O. The molecule has 5 nitrogen and oxygen atoms in total. The summed E-state index contributed by atoms with van der Waals surface area (Å²) in [6.07, 6.45) is 2.70. The third-order valence-electron chi connectivity index (χ3n) is 5.53. The van der Waals surface area contributed by atoms with Crippen LogP contribution in [0.3, 0.4) is 0 Å². The summed E-state index contributed by atoms with van der Waals surface area (Å²) in [5.74, 6) is 0. The summed E-state index contributed by atoms with van der Waals surface area (Å²) < 4.78 is 3.47. The van der Waals surface area contributed by atoms with Crippen LogP contribution >= 0.6 is 0 Å². The molecule has 0 fully saturated rings. The van der Waals surface area contributed by atoms with Gasteiger partial charge in [-0.2, -0.15) is 10.2 Å². The normalized spacial score (nSPS) is 12.2. The van der Waals surface area contributed by atoms with Crippen molar-refractivity contribution in [2.24, 2.45) is 0 Å². The van der Waals surface area contributed by atoms with Crippen molar-refractivity contribution >= 4 is 5.52 Å². The van der Waals surface area contributed by atoms with Crippen molar-refractivity contribution in [2.75, 3.05) is 0 Å². The summed E-state index contributed by atoms with van der Waals surface area (Å²) in [4.78, 5) is 12.8. The van der Waals surface area contributed by atoms with E-state index < -0.39 is 0 Å². The zero-order valence-electron chi connectivity index (χ0n) is 17.2. The second-order valence-corrected chi connectivity index (χ2v) is 7.46. The lowest BCUT2D eigenvalue weighted by atomic mass is 10.0. The van der Waals surface area contributed by atoms with Crippen molar-refractivity contribution < 1.29 is 0 Å². The molecule has 152 valence electrons. The molecule has 0 aliphatic heterocycles. The fraction of sp³-hybridized carbons (Fsp3) is 0.115. The molecule has 0 aliphatic carbocycles. The topological polar surface area (TPSA) is 52.2 Å². The minimum absolute atomic E-state index is 0.114. The largest absolute Gasteiger partial charge is 0.268 e. The smallest absolute Gasteiger partial charge is 0.267 e. The molecule has 0 radical (unpaired) electrons. The van der Waals surface area contributed by atoms with Gasteiger partial charge in [0, 0.05) is 17.8 Å². The van der Waals surface area contributed by atoms with Crippen LogP contribution in [0.25, 0.3) is 28.0 Å². The molecule has 1 atom stereocenters. The first kappa shape index (κ1) is 19.0. The highest BCUT2D eigenvalue weighted by atomic mass is 16.1. The maximum Gasteiger partial charge on any atom is 0.267 e. The quantitative estimate of drug-likeness (QED) is 0.402. The third-order valence-corrected chi connectivity index (χ3v) is 5.53. The second kappa shape index (κ2) is 8.03. The van der Waals surface area contributed by atoms with E-state index in [2.05, 4.69) is 6.92 Å². The molecular weight excluding hydrogens is 384 g/mol. The van der Waals surface area contributed by atoms with Gasteiger partial charge in [-0.1, -0.05) is 73.7 Å². The van der Waals surface area contributed by atoms with Gasteiger partial charge in [0.15, 0.2) is 0 Å². The molecule has 2 aromatic carbocycles. The lowest BCUT2D eigenvalue weighted by Gasteiger charge is -2.18. The molecule has 0 bridgehead atoms. The number of hydrogen-bond acceptors (Lipinski definition) is 3. The van der Waals surface area contributed by atoms with Gasteiger partial charge in [-0.05, 0) is 30.2 Å². The molecule has 0 saturated heterocycles. The van der Waals surface area contributed by atoms with Crippen LogP contribution in [0, 0.1) is 0 Å². The standard InChI is InChI=1S/C26H22N4O/c1-2-22(19-11-5-3-6-12-19)30-24(31)17-16-21(27-30)25-23-15-9-10-18-29(23)28-26(25)20-13-7-4-8-14-20/h3-18,22H,2H2,1H3. The number of hydrogen-bond donors (Lipinski definition) is 0. The highest BCUT2D eigenvalue weighted by molar-refractivity contribution is 5.90. The van der Waals surface area contributed by atoms with Crippen LogP contribution in [-0.4, -0.2) is 19.4 Å². The van der Waals surface area contributed by atoms with E-state index in [1.165, 1.54) is 0 Å². The predicted octanol–water partition coefficient (Wildman–Crippen LogP) is 5.22. The van der Waals surface area contributed by atoms with E-state index >= 15 is 0 Å². The third kappa shape index (κ3) is 3.44. The Morgan fingerprint density at radius 2 is 1.52 bits per heavy atom.